The Morgan fingerprint density at radius 2 is 2.13 bits per heavy atom. The van der Waals surface area contributed by atoms with Gasteiger partial charge in [0.15, 0.2) is 0 Å². The molecule has 1 saturated heterocycles. The topological polar surface area (TPSA) is 50.4 Å². The number of hydrogen-bond acceptors (Lipinski definition) is 4. The fraction of sp³-hybridized carbons (Fsp3) is 0.909. The van der Waals surface area contributed by atoms with E-state index in [0.29, 0.717) is 12.6 Å². The first-order chi connectivity index (χ1) is 7.29. The maximum absolute atomic E-state index is 10.5. The molecule has 1 fully saturated rings. The minimum absolute atomic E-state index is 0.179. The van der Waals surface area contributed by atoms with E-state index in [-0.39, 0.29) is 5.97 Å². The third-order valence-electron chi connectivity index (χ3n) is 2.65. The molecule has 0 radical (unpaired) electrons. The van der Waals surface area contributed by atoms with Crippen LogP contribution in [0.4, 0.5) is 0 Å². The lowest BCUT2D eigenvalue weighted by atomic mass is 10.1. The maximum atomic E-state index is 10.5. The fourth-order valence-electron chi connectivity index (χ4n) is 1.78. The van der Waals surface area contributed by atoms with Crippen molar-refractivity contribution in [3.8, 4) is 0 Å². The number of ether oxygens (including phenoxy) is 1. The first-order valence-corrected chi connectivity index (χ1v) is 5.86. The van der Waals surface area contributed by atoms with Gasteiger partial charge >= 0.3 is 5.97 Å². The third-order valence-corrected chi connectivity index (χ3v) is 2.65. The van der Waals surface area contributed by atoms with Crippen LogP contribution in [0.3, 0.4) is 0 Å². The number of nitrogens with one attached hydrogen (secondary N) is 2. The van der Waals surface area contributed by atoms with E-state index in [1.807, 2.05) is 0 Å². The van der Waals surface area contributed by atoms with Gasteiger partial charge in [0, 0.05) is 13.0 Å². The van der Waals surface area contributed by atoms with Crippen molar-refractivity contribution in [3.63, 3.8) is 0 Å². The van der Waals surface area contributed by atoms with E-state index in [1.54, 1.807) is 0 Å². The van der Waals surface area contributed by atoms with Crippen LogP contribution in [0.1, 0.15) is 32.6 Å². The molecule has 15 heavy (non-hydrogen) atoms. The molecular formula is C11H22N2O2. The van der Waals surface area contributed by atoms with Gasteiger partial charge < -0.3 is 15.4 Å². The zero-order chi connectivity index (χ0) is 10.9. The molecular weight excluding hydrogens is 192 g/mol. The summed E-state index contributed by atoms with van der Waals surface area (Å²) in [5.41, 5.74) is 0. The molecule has 4 heteroatoms. The van der Waals surface area contributed by atoms with E-state index < -0.39 is 0 Å². The van der Waals surface area contributed by atoms with Crippen molar-refractivity contribution in [3.05, 3.63) is 0 Å². The first kappa shape index (κ1) is 12.5. The van der Waals surface area contributed by atoms with Crippen LogP contribution >= 0.6 is 0 Å². The zero-order valence-corrected chi connectivity index (χ0v) is 9.55. The summed E-state index contributed by atoms with van der Waals surface area (Å²) in [6.07, 6.45) is 4.49. The van der Waals surface area contributed by atoms with Crippen LogP contribution in [-0.2, 0) is 9.53 Å². The molecule has 0 amide bonds. The van der Waals surface area contributed by atoms with Crippen molar-refractivity contribution < 1.29 is 9.53 Å². The predicted molar refractivity (Wildman–Crippen MR) is 59.8 cm³/mol. The molecule has 1 aliphatic rings. The van der Waals surface area contributed by atoms with Crippen LogP contribution in [0.2, 0.25) is 0 Å². The molecule has 2 N–H and O–H groups in total. The average Bonchev–Trinajstić information content (AvgIpc) is 2.24. The Hall–Kier alpha value is -0.610. The molecule has 1 heterocycles. The highest BCUT2D eigenvalue weighted by Gasteiger charge is 2.10. The van der Waals surface area contributed by atoms with Gasteiger partial charge in [-0.25, -0.2) is 0 Å². The minimum atomic E-state index is -0.179. The Labute approximate surface area is 91.8 Å². The molecule has 0 atom stereocenters. The van der Waals surface area contributed by atoms with E-state index in [2.05, 4.69) is 10.6 Å². The lowest BCUT2D eigenvalue weighted by Gasteiger charge is -2.23. The Morgan fingerprint density at radius 1 is 1.40 bits per heavy atom. The Morgan fingerprint density at radius 3 is 2.80 bits per heavy atom. The highest BCUT2D eigenvalue weighted by molar-refractivity contribution is 5.65. The number of piperidine rings is 1. The summed E-state index contributed by atoms with van der Waals surface area (Å²) in [6.45, 7) is 5.30. The minimum Gasteiger partial charge on any atom is -0.466 e. The number of hydrogen-bond donors (Lipinski definition) is 2. The summed E-state index contributed by atoms with van der Waals surface area (Å²) in [5, 5.41) is 6.87. The number of carbonyl (C=O) groups is 1. The summed E-state index contributed by atoms with van der Waals surface area (Å²) in [6, 6.07) is 0.681. The Kier molecular flexibility index (Phi) is 6.36. The van der Waals surface area contributed by atoms with Crippen LogP contribution in [-0.4, -0.2) is 38.3 Å². The van der Waals surface area contributed by atoms with Crippen LogP contribution in [0.5, 0.6) is 0 Å². The molecule has 4 nitrogen and oxygen atoms in total. The maximum Gasteiger partial charge on any atom is 0.302 e. The highest BCUT2D eigenvalue weighted by atomic mass is 16.5. The van der Waals surface area contributed by atoms with Gasteiger partial charge in [0.25, 0.3) is 0 Å². The molecule has 0 aromatic heterocycles. The van der Waals surface area contributed by atoms with Crippen LogP contribution < -0.4 is 10.6 Å². The molecule has 0 saturated carbocycles. The van der Waals surface area contributed by atoms with E-state index in [9.17, 15) is 4.79 Å². The van der Waals surface area contributed by atoms with Gasteiger partial charge in [-0.05, 0) is 45.3 Å². The van der Waals surface area contributed by atoms with Crippen molar-refractivity contribution in [1.29, 1.82) is 0 Å². The van der Waals surface area contributed by atoms with E-state index in [1.165, 1.54) is 19.8 Å². The van der Waals surface area contributed by atoms with Crippen molar-refractivity contribution in [2.75, 3.05) is 26.2 Å². The molecule has 88 valence electrons. The van der Waals surface area contributed by atoms with Crippen molar-refractivity contribution in [2.24, 2.45) is 0 Å². The summed E-state index contributed by atoms with van der Waals surface area (Å²) < 4.78 is 4.86. The van der Waals surface area contributed by atoms with Gasteiger partial charge in [0.05, 0.1) is 6.61 Å². The standard InChI is InChI=1S/C11H22N2O2/c1-10(14)15-9-3-2-6-13-11-4-7-12-8-5-11/h11-13H,2-9H2,1H3. The second kappa shape index (κ2) is 7.65. The molecule has 0 aromatic carbocycles. The van der Waals surface area contributed by atoms with Gasteiger partial charge in [-0.15, -0.1) is 0 Å². The summed E-state index contributed by atoms with van der Waals surface area (Å²) in [4.78, 5) is 10.5. The van der Waals surface area contributed by atoms with Gasteiger partial charge in [-0.3, -0.25) is 4.79 Å². The van der Waals surface area contributed by atoms with Crippen LogP contribution in [0.15, 0.2) is 0 Å². The second-order valence-corrected chi connectivity index (χ2v) is 4.03. The quantitative estimate of drug-likeness (QED) is 0.504. The largest absolute Gasteiger partial charge is 0.466 e. The third kappa shape index (κ3) is 6.47. The number of carbonyl (C=O) groups excluding carboxylic acids is 1. The Bertz CT molecular complexity index is 179. The summed E-state index contributed by atoms with van der Waals surface area (Å²) in [7, 11) is 0. The van der Waals surface area contributed by atoms with Gasteiger partial charge in [0.2, 0.25) is 0 Å². The van der Waals surface area contributed by atoms with Gasteiger partial charge in [-0.2, -0.15) is 0 Å². The smallest absolute Gasteiger partial charge is 0.302 e. The van der Waals surface area contributed by atoms with Crippen LogP contribution in [0, 0.1) is 0 Å². The zero-order valence-electron chi connectivity index (χ0n) is 9.55. The molecule has 1 aliphatic heterocycles. The predicted octanol–water partition coefficient (Wildman–Crippen LogP) is 0.671. The molecule has 0 spiro atoms. The second-order valence-electron chi connectivity index (χ2n) is 4.03. The Balaban J connectivity index is 1.85. The van der Waals surface area contributed by atoms with Crippen molar-refractivity contribution >= 4 is 5.97 Å². The number of unbranched alkanes of at least 4 members (excludes halogenated alkanes) is 1. The fourth-order valence-corrected chi connectivity index (χ4v) is 1.78. The van der Waals surface area contributed by atoms with Gasteiger partial charge in [0.1, 0.15) is 0 Å². The van der Waals surface area contributed by atoms with Gasteiger partial charge in [-0.1, -0.05) is 0 Å². The lowest BCUT2D eigenvalue weighted by Crippen LogP contribution is -2.40. The monoisotopic (exact) mass is 214 g/mol. The van der Waals surface area contributed by atoms with Crippen molar-refractivity contribution in [2.45, 2.75) is 38.6 Å². The lowest BCUT2D eigenvalue weighted by molar-refractivity contribution is -0.141. The summed E-state index contributed by atoms with van der Waals surface area (Å²) >= 11 is 0. The summed E-state index contributed by atoms with van der Waals surface area (Å²) in [5.74, 6) is -0.179. The van der Waals surface area contributed by atoms with Crippen LogP contribution in [0.25, 0.3) is 0 Å². The van der Waals surface area contributed by atoms with E-state index >= 15 is 0 Å². The molecule has 0 bridgehead atoms. The van der Waals surface area contributed by atoms with E-state index in [4.69, 9.17) is 4.74 Å². The molecule has 0 aromatic rings. The molecule has 0 unspecified atom stereocenters. The number of rotatable bonds is 6. The van der Waals surface area contributed by atoms with Crippen molar-refractivity contribution in [1.82, 2.24) is 10.6 Å². The molecule has 1 rings (SSSR count). The highest BCUT2D eigenvalue weighted by Crippen LogP contribution is 2.01. The number of esters is 1. The SMILES string of the molecule is CC(=O)OCCCCNC1CCNCC1. The first-order valence-electron chi connectivity index (χ1n) is 5.86. The normalized spacial score (nSPS) is 17.7. The molecule has 0 aliphatic carbocycles. The van der Waals surface area contributed by atoms with E-state index in [0.717, 1.165) is 32.5 Å². The average molecular weight is 214 g/mol.